The number of amides is 1. The lowest BCUT2D eigenvalue weighted by Gasteiger charge is -2.10. The molecule has 0 fully saturated rings. The lowest BCUT2D eigenvalue weighted by Crippen LogP contribution is -2.21. The van der Waals surface area contributed by atoms with Crippen LogP contribution in [0.2, 0.25) is 0 Å². The zero-order chi connectivity index (χ0) is 21.8. The van der Waals surface area contributed by atoms with Gasteiger partial charge in [-0.25, -0.2) is 4.98 Å². The van der Waals surface area contributed by atoms with E-state index >= 15 is 0 Å². The third-order valence-electron chi connectivity index (χ3n) is 4.78. The first kappa shape index (κ1) is 21.1. The van der Waals surface area contributed by atoms with Gasteiger partial charge in [0.2, 0.25) is 0 Å². The number of aromatic nitrogens is 2. The Balaban J connectivity index is 1.43. The molecule has 1 amide bonds. The molecule has 2 aromatic heterocycles. The number of methoxy groups -OCH3 is 1. The summed E-state index contributed by atoms with van der Waals surface area (Å²) in [7, 11) is 1.60. The summed E-state index contributed by atoms with van der Waals surface area (Å²) in [6.07, 6.45) is 0. The van der Waals surface area contributed by atoms with Crippen molar-refractivity contribution in [3.05, 3.63) is 81.5 Å². The number of carbonyl (C=O) groups is 1. The number of ether oxygens (including phenoxy) is 1. The molecule has 1 N–H and O–H groups in total. The second-order valence-corrected chi connectivity index (χ2v) is 8.61. The highest BCUT2D eigenvalue weighted by Gasteiger charge is 2.12. The Morgan fingerprint density at radius 2 is 1.87 bits per heavy atom. The van der Waals surface area contributed by atoms with E-state index in [1.807, 2.05) is 30.5 Å². The first-order chi connectivity index (χ1) is 15.1. The molecule has 31 heavy (non-hydrogen) atoms. The molecule has 8 heteroatoms. The van der Waals surface area contributed by atoms with E-state index < -0.39 is 0 Å². The fourth-order valence-corrected chi connectivity index (χ4v) is 4.89. The van der Waals surface area contributed by atoms with Crippen molar-refractivity contribution >= 4 is 44.9 Å². The van der Waals surface area contributed by atoms with Crippen LogP contribution in [0.25, 0.3) is 10.2 Å². The van der Waals surface area contributed by atoms with Crippen LogP contribution >= 0.6 is 23.1 Å². The number of hydrogen-bond donors (Lipinski definition) is 1. The Bertz CT molecular complexity index is 1260. The molecule has 0 aliphatic carbocycles. The van der Waals surface area contributed by atoms with Crippen molar-refractivity contribution in [2.75, 3.05) is 12.4 Å². The highest BCUT2D eigenvalue weighted by molar-refractivity contribution is 7.98. The van der Waals surface area contributed by atoms with Crippen molar-refractivity contribution in [1.29, 1.82) is 0 Å². The molecule has 0 aliphatic rings. The molecule has 6 nitrogen and oxygen atoms in total. The Kier molecular flexibility index (Phi) is 6.39. The molecule has 158 valence electrons. The van der Waals surface area contributed by atoms with Gasteiger partial charge in [-0.05, 0) is 60.3 Å². The summed E-state index contributed by atoms with van der Waals surface area (Å²) < 4.78 is 7.53. The van der Waals surface area contributed by atoms with Gasteiger partial charge < -0.3 is 10.1 Å². The van der Waals surface area contributed by atoms with Gasteiger partial charge in [0.05, 0.1) is 12.6 Å². The Morgan fingerprint density at radius 1 is 1.13 bits per heavy atom. The van der Waals surface area contributed by atoms with E-state index in [0.29, 0.717) is 33.4 Å². The van der Waals surface area contributed by atoms with Gasteiger partial charge in [-0.15, -0.1) is 11.3 Å². The molecular weight excluding hydrogens is 430 g/mol. The Labute approximate surface area is 187 Å². The summed E-state index contributed by atoms with van der Waals surface area (Å²) in [5.41, 5.74) is 3.09. The SMILES string of the molecule is CCn1c(SCc2ccc(C(=O)Nc3ccc(OC)cc3)cc2)nc2ccsc2c1=O. The number of hydrogen-bond acceptors (Lipinski definition) is 6. The fourth-order valence-electron chi connectivity index (χ4n) is 3.09. The minimum Gasteiger partial charge on any atom is -0.497 e. The van der Waals surface area contributed by atoms with Crippen LogP contribution in [0.15, 0.2) is 69.9 Å². The fraction of sp³-hybridized carbons (Fsp3) is 0.174. The quantitative estimate of drug-likeness (QED) is 0.315. The van der Waals surface area contributed by atoms with E-state index in [1.54, 1.807) is 48.1 Å². The number of thiophene rings is 1. The maximum absolute atomic E-state index is 12.6. The number of anilines is 1. The number of fused-ring (bicyclic) bond motifs is 1. The maximum atomic E-state index is 12.6. The molecule has 4 rings (SSSR count). The lowest BCUT2D eigenvalue weighted by atomic mass is 10.1. The van der Waals surface area contributed by atoms with Gasteiger partial charge in [0, 0.05) is 23.5 Å². The van der Waals surface area contributed by atoms with E-state index in [1.165, 1.54) is 23.1 Å². The van der Waals surface area contributed by atoms with Gasteiger partial charge >= 0.3 is 0 Å². The van der Waals surface area contributed by atoms with Gasteiger partial charge in [-0.1, -0.05) is 23.9 Å². The molecular formula is C23H21N3O3S2. The van der Waals surface area contributed by atoms with Crippen LogP contribution < -0.4 is 15.6 Å². The molecule has 0 bridgehead atoms. The molecule has 0 aliphatic heterocycles. The van der Waals surface area contributed by atoms with Gasteiger partial charge in [-0.2, -0.15) is 0 Å². The number of benzene rings is 2. The van der Waals surface area contributed by atoms with Crippen LogP contribution in [0.4, 0.5) is 5.69 Å². The smallest absolute Gasteiger partial charge is 0.272 e. The third kappa shape index (κ3) is 4.65. The normalized spacial score (nSPS) is 10.9. The highest BCUT2D eigenvalue weighted by Crippen LogP contribution is 2.24. The van der Waals surface area contributed by atoms with Gasteiger partial charge in [0.25, 0.3) is 11.5 Å². The molecule has 0 radical (unpaired) electrons. The van der Waals surface area contributed by atoms with Crippen molar-refractivity contribution in [2.24, 2.45) is 0 Å². The van der Waals surface area contributed by atoms with Crippen LogP contribution in [0.3, 0.4) is 0 Å². The second kappa shape index (κ2) is 9.36. The average molecular weight is 452 g/mol. The minimum atomic E-state index is -0.172. The molecule has 0 saturated heterocycles. The van der Waals surface area contributed by atoms with Crippen molar-refractivity contribution in [2.45, 2.75) is 24.4 Å². The third-order valence-corrected chi connectivity index (χ3v) is 6.72. The number of thioether (sulfide) groups is 1. The second-order valence-electron chi connectivity index (χ2n) is 6.75. The number of rotatable bonds is 7. The summed E-state index contributed by atoms with van der Waals surface area (Å²) in [5, 5.41) is 5.48. The number of nitrogens with zero attached hydrogens (tertiary/aromatic N) is 2. The monoisotopic (exact) mass is 451 g/mol. The first-order valence-corrected chi connectivity index (χ1v) is 11.6. The zero-order valence-corrected chi connectivity index (χ0v) is 18.8. The summed E-state index contributed by atoms with van der Waals surface area (Å²) in [5.74, 6) is 1.22. The maximum Gasteiger partial charge on any atom is 0.272 e. The Morgan fingerprint density at radius 3 is 2.55 bits per heavy atom. The zero-order valence-electron chi connectivity index (χ0n) is 17.1. The predicted molar refractivity (Wildman–Crippen MR) is 127 cm³/mol. The molecule has 2 heterocycles. The number of nitrogens with one attached hydrogen (secondary N) is 1. The molecule has 0 saturated carbocycles. The van der Waals surface area contributed by atoms with E-state index in [9.17, 15) is 9.59 Å². The molecule has 4 aromatic rings. The predicted octanol–water partition coefficient (Wildman–Crippen LogP) is 5.03. The molecule has 0 spiro atoms. The molecule has 0 atom stereocenters. The van der Waals surface area contributed by atoms with Crippen LogP contribution in [-0.4, -0.2) is 22.6 Å². The van der Waals surface area contributed by atoms with Crippen LogP contribution in [-0.2, 0) is 12.3 Å². The summed E-state index contributed by atoms with van der Waals surface area (Å²) in [6.45, 7) is 2.52. The average Bonchev–Trinajstić information content (AvgIpc) is 3.27. The van der Waals surface area contributed by atoms with E-state index in [4.69, 9.17) is 4.74 Å². The van der Waals surface area contributed by atoms with Crippen molar-refractivity contribution in [3.8, 4) is 5.75 Å². The van der Waals surface area contributed by atoms with Gasteiger partial charge in [0.15, 0.2) is 5.16 Å². The van der Waals surface area contributed by atoms with Crippen LogP contribution in [0.1, 0.15) is 22.8 Å². The Hall–Kier alpha value is -3.10. The molecule has 2 aromatic carbocycles. The van der Waals surface area contributed by atoms with Crippen LogP contribution in [0, 0.1) is 0 Å². The summed E-state index contributed by atoms with van der Waals surface area (Å²) in [4.78, 5) is 29.8. The first-order valence-electron chi connectivity index (χ1n) is 9.74. The molecule has 0 unspecified atom stereocenters. The topological polar surface area (TPSA) is 73.2 Å². The van der Waals surface area contributed by atoms with E-state index in [2.05, 4.69) is 10.3 Å². The summed E-state index contributed by atoms with van der Waals surface area (Å²) >= 11 is 2.95. The van der Waals surface area contributed by atoms with Crippen molar-refractivity contribution in [3.63, 3.8) is 0 Å². The minimum absolute atomic E-state index is 0.00977. The number of carbonyl (C=O) groups excluding carboxylic acids is 1. The largest absolute Gasteiger partial charge is 0.497 e. The van der Waals surface area contributed by atoms with Crippen molar-refractivity contribution in [1.82, 2.24) is 9.55 Å². The van der Waals surface area contributed by atoms with E-state index in [0.717, 1.165) is 16.8 Å². The van der Waals surface area contributed by atoms with E-state index in [-0.39, 0.29) is 11.5 Å². The lowest BCUT2D eigenvalue weighted by molar-refractivity contribution is 0.102. The van der Waals surface area contributed by atoms with Crippen LogP contribution in [0.5, 0.6) is 5.75 Å². The van der Waals surface area contributed by atoms with Gasteiger partial charge in [-0.3, -0.25) is 14.2 Å². The highest BCUT2D eigenvalue weighted by atomic mass is 32.2. The summed E-state index contributed by atoms with van der Waals surface area (Å²) in [6, 6.07) is 16.5. The van der Waals surface area contributed by atoms with Gasteiger partial charge in [0.1, 0.15) is 10.4 Å². The van der Waals surface area contributed by atoms with Crippen molar-refractivity contribution < 1.29 is 9.53 Å². The standard InChI is InChI=1S/C23H21N3O3S2/c1-3-26-22(28)20-19(12-13-30-20)25-23(26)31-14-15-4-6-16(7-5-15)21(27)24-17-8-10-18(29-2)11-9-17/h4-13H,3,14H2,1-2H3,(H,24,27).